The van der Waals surface area contributed by atoms with Crippen LogP contribution in [-0.4, -0.2) is 33.7 Å². The summed E-state index contributed by atoms with van der Waals surface area (Å²) in [4.78, 5) is 14.5. The predicted octanol–water partition coefficient (Wildman–Crippen LogP) is 4.52. The standard InChI is InChI=1S/C21H31N3O2/c1-15(2)19-14-20(16(3)4)24(22-19)17-9-11-23(12-10-17)21(25)8-7-18-6-5-13-26-18/h5-6,13-17H,7-12H2,1-4H3. The van der Waals surface area contributed by atoms with Crippen molar-refractivity contribution in [3.05, 3.63) is 41.6 Å². The van der Waals surface area contributed by atoms with E-state index in [0.29, 0.717) is 30.7 Å². The number of hydrogen-bond donors (Lipinski definition) is 0. The lowest BCUT2D eigenvalue weighted by atomic mass is 10.0. The van der Waals surface area contributed by atoms with E-state index in [0.717, 1.165) is 31.7 Å². The molecule has 0 N–H and O–H groups in total. The number of likely N-dealkylation sites (tertiary alicyclic amines) is 1. The second-order valence-electron chi connectivity index (χ2n) is 7.94. The molecule has 2 aromatic heterocycles. The van der Waals surface area contributed by atoms with Crippen molar-refractivity contribution in [1.82, 2.24) is 14.7 Å². The van der Waals surface area contributed by atoms with Crippen LogP contribution in [0.3, 0.4) is 0 Å². The number of carbonyl (C=O) groups excluding carboxylic acids is 1. The van der Waals surface area contributed by atoms with Gasteiger partial charge in [-0.15, -0.1) is 0 Å². The SMILES string of the molecule is CC(C)c1cc(C(C)C)n(C2CCN(C(=O)CCc3ccco3)CC2)n1. The highest BCUT2D eigenvalue weighted by Crippen LogP contribution is 2.29. The van der Waals surface area contributed by atoms with E-state index in [1.807, 2.05) is 17.0 Å². The maximum absolute atomic E-state index is 12.5. The second kappa shape index (κ2) is 8.11. The Hall–Kier alpha value is -2.04. The molecular formula is C21H31N3O2. The molecule has 2 aromatic rings. The number of piperidine rings is 1. The summed E-state index contributed by atoms with van der Waals surface area (Å²) in [6, 6.07) is 6.45. The van der Waals surface area contributed by atoms with Gasteiger partial charge in [0, 0.05) is 31.6 Å². The van der Waals surface area contributed by atoms with Gasteiger partial charge in [0.25, 0.3) is 0 Å². The van der Waals surface area contributed by atoms with E-state index in [2.05, 4.69) is 38.4 Å². The normalized spacial score (nSPS) is 16.0. The molecule has 1 saturated heterocycles. The van der Waals surface area contributed by atoms with Crippen LogP contribution < -0.4 is 0 Å². The molecule has 1 amide bonds. The summed E-state index contributed by atoms with van der Waals surface area (Å²) < 4.78 is 7.56. The molecule has 1 aliphatic rings. The Morgan fingerprint density at radius 2 is 1.96 bits per heavy atom. The van der Waals surface area contributed by atoms with Gasteiger partial charge in [-0.05, 0) is 42.9 Å². The fourth-order valence-electron chi connectivity index (χ4n) is 3.64. The van der Waals surface area contributed by atoms with Crippen LogP contribution in [0, 0.1) is 0 Å². The highest BCUT2D eigenvalue weighted by molar-refractivity contribution is 5.76. The van der Waals surface area contributed by atoms with Gasteiger partial charge in [0.1, 0.15) is 5.76 Å². The van der Waals surface area contributed by atoms with Gasteiger partial charge in [0.05, 0.1) is 18.0 Å². The Labute approximate surface area is 156 Å². The van der Waals surface area contributed by atoms with Crippen molar-refractivity contribution in [3.8, 4) is 0 Å². The summed E-state index contributed by atoms with van der Waals surface area (Å²) in [6.45, 7) is 10.5. The van der Waals surface area contributed by atoms with E-state index in [-0.39, 0.29) is 5.91 Å². The number of rotatable bonds is 6. The Kier molecular flexibility index (Phi) is 5.84. The van der Waals surface area contributed by atoms with Crippen LogP contribution in [0.4, 0.5) is 0 Å². The maximum atomic E-state index is 12.5. The molecule has 0 atom stereocenters. The lowest BCUT2D eigenvalue weighted by molar-refractivity contribution is -0.132. The first-order valence-electron chi connectivity index (χ1n) is 9.85. The van der Waals surface area contributed by atoms with Gasteiger partial charge in [0.2, 0.25) is 5.91 Å². The van der Waals surface area contributed by atoms with Crippen LogP contribution in [0.15, 0.2) is 28.9 Å². The molecule has 0 saturated carbocycles. The molecule has 1 aliphatic heterocycles. The molecule has 1 fully saturated rings. The summed E-state index contributed by atoms with van der Waals surface area (Å²) >= 11 is 0. The van der Waals surface area contributed by atoms with Gasteiger partial charge in [-0.2, -0.15) is 5.10 Å². The number of amides is 1. The number of furan rings is 1. The third-order valence-corrected chi connectivity index (χ3v) is 5.30. The van der Waals surface area contributed by atoms with Gasteiger partial charge in [0.15, 0.2) is 0 Å². The first-order valence-corrected chi connectivity index (χ1v) is 9.85. The van der Waals surface area contributed by atoms with Crippen LogP contribution in [-0.2, 0) is 11.2 Å². The number of nitrogens with zero attached hydrogens (tertiary/aromatic N) is 3. The molecule has 142 valence electrons. The summed E-state index contributed by atoms with van der Waals surface area (Å²) in [5.74, 6) is 2.01. The van der Waals surface area contributed by atoms with Crippen molar-refractivity contribution in [2.24, 2.45) is 0 Å². The van der Waals surface area contributed by atoms with Crippen LogP contribution in [0.25, 0.3) is 0 Å². The number of aromatic nitrogens is 2. The van der Waals surface area contributed by atoms with Crippen LogP contribution in [0.5, 0.6) is 0 Å². The van der Waals surface area contributed by atoms with E-state index < -0.39 is 0 Å². The van der Waals surface area contributed by atoms with Gasteiger partial charge in [-0.3, -0.25) is 9.48 Å². The molecule has 5 heteroatoms. The smallest absolute Gasteiger partial charge is 0.223 e. The van der Waals surface area contributed by atoms with E-state index >= 15 is 0 Å². The van der Waals surface area contributed by atoms with E-state index in [1.54, 1.807) is 6.26 Å². The van der Waals surface area contributed by atoms with E-state index in [9.17, 15) is 4.79 Å². The third-order valence-electron chi connectivity index (χ3n) is 5.30. The average Bonchev–Trinajstić information content (AvgIpc) is 3.29. The first kappa shape index (κ1) is 18.7. The third kappa shape index (κ3) is 4.19. The highest BCUT2D eigenvalue weighted by atomic mass is 16.3. The predicted molar refractivity (Wildman–Crippen MR) is 102 cm³/mol. The molecule has 5 nitrogen and oxygen atoms in total. The lowest BCUT2D eigenvalue weighted by Crippen LogP contribution is -2.39. The number of hydrogen-bond acceptors (Lipinski definition) is 3. The zero-order valence-corrected chi connectivity index (χ0v) is 16.4. The van der Waals surface area contributed by atoms with Gasteiger partial charge in [-0.1, -0.05) is 27.7 Å². The van der Waals surface area contributed by atoms with Gasteiger partial charge in [-0.25, -0.2) is 0 Å². The average molecular weight is 357 g/mol. The highest BCUT2D eigenvalue weighted by Gasteiger charge is 2.27. The minimum absolute atomic E-state index is 0.229. The van der Waals surface area contributed by atoms with Crippen molar-refractivity contribution in [3.63, 3.8) is 0 Å². The van der Waals surface area contributed by atoms with Crippen molar-refractivity contribution < 1.29 is 9.21 Å². The lowest BCUT2D eigenvalue weighted by Gasteiger charge is -2.33. The van der Waals surface area contributed by atoms with Crippen molar-refractivity contribution >= 4 is 5.91 Å². The number of carbonyl (C=O) groups is 1. The molecule has 0 aromatic carbocycles. The molecule has 3 heterocycles. The largest absolute Gasteiger partial charge is 0.469 e. The molecule has 26 heavy (non-hydrogen) atoms. The topological polar surface area (TPSA) is 51.3 Å². The maximum Gasteiger partial charge on any atom is 0.223 e. The van der Waals surface area contributed by atoms with Gasteiger partial charge < -0.3 is 9.32 Å². The molecule has 3 rings (SSSR count). The van der Waals surface area contributed by atoms with Crippen LogP contribution >= 0.6 is 0 Å². The molecular weight excluding hydrogens is 326 g/mol. The molecule has 0 bridgehead atoms. The molecule has 0 spiro atoms. The zero-order valence-electron chi connectivity index (χ0n) is 16.4. The Balaban J connectivity index is 1.59. The quantitative estimate of drug-likeness (QED) is 0.764. The van der Waals surface area contributed by atoms with Crippen molar-refractivity contribution in [2.75, 3.05) is 13.1 Å². The molecule has 0 radical (unpaired) electrons. The minimum Gasteiger partial charge on any atom is -0.469 e. The monoisotopic (exact) mass is 357 g/mol. The minimum atomic E-state index is 0.229. The number of aryl methyl sites for hydroxylation is 1. The first-order chi connectivity index (χ1) is 12.5. The summed E-state index contributed by atoms with van der Waals surface area (Å²) in [5.41, 5.74) is 2.49. The summed E-state index contributed by atoms with van der Waals surface area (Å²) in [7, 11) is 0. The Bertz CT molecular complexity index is 708. The van der Waals surface area contributed by atoms with Crippen molar-refractivity contribution in [1.29, 1.82) is 0 Å². The Morgan fingerprint density at radius 3 is 2.54 bits per heavy atom. The van der Waals surface area contributed by atoms with Crippen LogP contribution in [0.1, 0.15) is 82.0 Å². The summed E-state index contributed by atoms with van der Waals surface area (Å²) in [5, 5.41) is 4.90. The molecule has 0 aliphatic carbocycles. The van der Waals surface area contributed by atoms with E-state index in [1.165, 1.54) is 11.4 Å². The fourth-order valence-corrected chi connectivity index (χ4v) is 3.64. The Morgan fingerprint density at radius 1 is 1.23 bits per heavy atom. The second-order valence-corrected chi connectivity index (χ2v) is 7.94. The van der Waals surface area contributed by atoms with Crippen molar-refractivity contribution in [2.45, 2.75) is 71.3 Å². The molecule has 0 unspecified atom stereocenters. The van der Waals surface area contributed by atoms with Gasteiger partial charge >= 0.3 is 0 Å². The van der Waals surface area contributed by atoms with Crippen LogP contribution in [0.2, 0.25) is 0 Å². The zero-order chi connectivity index (χ0) is 18.7. The summed E-state index contributed by atoms with van der Waals surface area (Å²) in [6.07, 6.45) is 4.82. The fraction of sp³-hybridized carbons (Fsp3) is 0.619. The van der Waals surface area contributed by atoms with E-state index in [4.69, 9.17) is 9.52 Å².